The van der Waals surface area contributed by atoms with Gasteiger partial charge in [-0.2, -0.15) is 13.2 Å². The lowest BCUT2D eigenvalue weighted by atomic mass is 9.92. The standard InChI is InChI=1S/C22H27F3N2O/c1-14-6-11-18(15(2)20(14)27-19(28)12-21(3,4)5)26-13-16-7-9-17(10-8-16)22(23,24)25/h6-11,26H,12-13H2,1-5H3,(H,27,28). The summed E-state index contributed by atoms with van der Waals surface area (Å²) in [4.78, 5) is 12.3. The van der Waals surface area contributed by atoms with Crippen molar-refractivity contribution >= 4 is 17.3 Å². The number of hydrogen-bond donors (Lipinski definition) is 2. The second-order valence-corrected chi connectivity index (χ2v) is 8.26. The molecule has 0 bridgehead atoms. The Kier molecular flexibility index (Phi) is 6.42. The third kappa shape index (κ3) is 6.01. The van der Waals surface area contributed by atoms with Gasteiger partial charge in [-0.15, -0.1) is 0 Å². The summed E-state index contributed by atoms with van der Waals surface area (Å²) in [6.07, 6.45) is -3.92. The van der Waals surface area contributed by atoms with Gasteiger partial charge in [-0.25, -0.2) is 0 Å². The fraction of sp³-hybridized carbons (Fsp3) is 0.409. The normalized spacial score (nSPS) is 12.0. The Bertz CT molecular complexity index is 835. The Labute approximate surface area is 164 Å². The largest absolute Gasteiger partial charge is 0.416 e. The van der Waals surface area contributed by atoms with E-state index in [1.807, 2.05) is 46.8 Å². The average Bonchev–Trinajstić information content (AvgIpc) is 2.56. The Morgan fingerprint density at radius 2 is 1.57 bits per heavy atom. The van der Waals surface area contributed by atoms with Crippen LogP contribution in [0.15, 0.2) is 36.4 Å². The molecule has 2 rings (SSSR count). The molecule has 0 aliphatic rings. The van der Waals surface area contributed by atoms with E-state index in [0.29, 0.717) is 13.0 Å². The van der Waals surface area contributed by atoms with Crippen LogP contribution in [0, 0.1) is 19.3 Å². The van der Waals surface area contributed by atoms with Crippen molar-refractivity contribution < 1.29 is 18.0 Å². The fourth-order valence-corrected chi connectivity index (χ4v) is 2.91. The van der Waals surface area contributed by atoms with E-state index in [1.165, 1.54) is 12.1 Å². The molecule has 0 unspecified atom stereocenters. The lowest BCUT2D eigenvalue weighted by Crippen LogP contribution is -2.20. The minimum atomic E-state index is -4.33. The average molecular weight is 392 g/mol. The molecule has 0 atom stereocenters. The van der Waals surface area contributed by atoms with Gasteiger partial charge in [-0.1, -0.05) is 39.0 Å². The van der Waals surface area contributed by atoms with Gasteiger partial charge in [0, 0.05) is 24.3 Å². The van der Waals surface area contributed by atoms with Crippen LogP contribution in [-0.4, -0.2) is 5.91 Å². The highest BCUT2D eigenvalue weighted by molar-refractivity contribution is 5.93. The van der Waals surface area contributed by atoms with Crippen LogP contribution in [0.1, 0.15) is 49.4 Å². The number of aryl methyl sites for hydroxylation is 1. The van der Waals surface area contributed by atoms with Crippen LogP contribution in [-0.2, 0) is 17.5 Å². The molecule has 0 aliphatic carbocycles. The molecule has 28 heavy (non-hydrogen) atoms. The molecule has 6 heteroatoms. The van der Waals surface area contributed by atoms with E-state index in [9.17, 15) is 18.0 Å². The molecule has 2 aromatic carbocycles. The van der Waals surface area contributed by atoms with Crippen molar-refractivity contribution in [3.8, 4) is 0 Å². The number of nitrogens with one attached hydrogen (secondary N) is 2. The maximum atomic E-state index is 12.7. The summed E-state index contributed by atoms with van der Waals surface area (Å²) >= 11 is 0. The number of amides is 1. The zero-order chi connectivity index (χ0) is 21.1. The van der Waals surface area contributed by atoms with E-state index in [0.717, 1.165) is 40.2 Å². The fourth-order valence-electron chi connectivity index (χ4n) is 2.91. The van der Waals surface area contributed by atoms with Gasteiger partial charge in [0.15, 0.2) is 0 Å². The topological polar surface area (TPSA) is 41.1 Å². The van der Waals surface area contributed by atoms with Crippen LogP contribution in [0.5, 0.6) is 0 Å². The first kappa shape index (κ1) is 21.8. The van der Waals surface area contributed by atoms with Crippen molar-refractivity contribution in [1.29, 1.82) is 0 Å². The second kappa shape index (κ2) is 8.25. The molecule has 0 fully saturated rings. The minimum Gasteiger partial charge on any atom is -0.381 e. The maximum absolute atomic E-state index is 12.7. The lowest BCUT2D eigenvalue weighted by Gasteiger charge is -2.20. The number of hydrogen-bond acceptors (Lipinski definition) is 2. The number of halogens is 3. The summed E-state index contributed by atoms with van der Waals surface area (Å²) in [6.45, 7) is 10.3. The van der Waals surface area contributed by atoms with Gasteiger partial charge in [-0.05, 0) is 54.2 Å². The van der Waals surface area contributed by atoms with Crippen molar-refractivity contribution in [2.24, 2.45) is 5.41 Å². The molecule has 152 valence electrons. The molecule has 0 spiro atoms. The number of benzene rings is 2. The molecular weight excluding hydrogens is 365 g/mol. The first-order valence-electron chi connectivity index (χ1n) is 9.17. The van der Waals surface area contributed by atoms with Crippen molar-refractivity contribution in [2.45, 2.75) is 53.8 Å². The van der Waals surface area contributed by atoms with Crippen molar-refractivity contribution in [2.75, 3.05) is 10.6 Å². The minimum absolute atomic E-state index is 0.0430. The van der Waals surface area contributed by atoms with Crippen LogP contribution in [0.2, 0.25) is 0 Å². The van der Waals surface area contributed by atoms with Crippen LogP contribution in [0.4, 0.5) is 24.5 Å². The lowest BCUT2D eigenvalue weighted by molar-refractivity contribution is -0.137. The van der Waals surface area contributed by atoms with Crippen LogP contribution in [0.3, 0.4) is 0 Å². The van der Waals surface area contributed by atoms with Gasteiger partial charge >= 0.3 is 6.18 Å². The van der Waals surface area contributed by atoms with Crippen molar-refractivity contribution in [3.63, 3.8) is 0 Å². The molecular formula is C22H27F3N2O. The Hall–Kier alpha value is -2.50. The first-order valence-corrected chi connectivity index (χ1v) is 9.17. The molecule has 2 aromatic rings. The van der Waals surface area contributed by atoms with Crippen molar-refractivity contribution in [1.82, 2.24) is 0 Å². The van der Waals surface area contributed by atoms with Gasteiger partial charge in [0.25, 0.3) is 0 Å². The molecule has 0 saturated heterocycles. The summed E-state index contributed by atoms with van der Waals surface area (Å²) in [5.41, 5.74) is 3.43. The molecule has 1 amide bonds. The Morgan fingerprint density at radius 1 is 0.964 bits per heavy atom. The summed E-state index contributed by atoms with van der Waals surface area (Å²) in [6, 6.07) is 8.91. The van der Waals surface area contributed by atoms with Crippen LogP contribution >= 0.6 is 0 Å². The van der Waals surface area contributed by atoms with E-state index in [2.05, 4.69) is 10.6 Å². The predicted molar refractivity (Wildman–Crippen MR) is 107 cm³/mol. The van der Waals surface area contributed by atoms with Gasteiger partial charge in [-0.3, -0.25) is 4.79 Å². The third-order valence-electron chi connectivity index (χ3n) is 4.39. The highest BCUT2D eigenvalue weighted by atomic mass is 19.4. The van der Waals surface area contributed by atoms with E-state index in [1.54, 1.807) is 0 Å². The summed E-state index contributed by atoms with van der Waals surface area (Å²) in [5, 5.41) is 6.24. The summed E-state index contributed by atoms with van der Waals surface area (Å²) < 4.78 is 38.0. The molecule has 0 aromatic heterocycles. The molecule has 0 saturated carbocycles. The Balaban J connectivity index is 2.11. The number of alkyl halides is 3. The molecule has 0 aliphatic heterocycles. The van der Waals surface area contributed by atoms with Crippen molar-refractivity contribution in [3.05, 3.63) is 58.7 Å². The summed E-state index contributed by atoms with van der Waals surface area (Å²) in [7, 11) is 0. The number of carbonyl (C=O) groups excluding carboxylic acids is 1. The molecule has 3 nitrogen and oxygen atoms in total. The zero-order valence-electron chi connectivity index (χ0n) is 16.9. The van der Waals surface area contributed by atoms with Gasteiger partial charge < -0.3 is 10.6 Å². The maximum Gasteiger partial charge on any atom is 0.416 e. The van der Waals surface area contributed by atoms with E-state index < -0.39 is 11.7 Å². The number of rotatable bonds is 5. The highest BCUT2D eigenvalue weighted by Gasteiger charge is 2.29. The smallest absolute Gasteiger partial charge is 0.381 e. The van der Waals surface area contributed by atoms with Crippen LogP contribution in [0.25, 0.3) is 0 Å². The number of carbonyl (C=O) groups is 1. The van der Waals surface area contributed by atoms with Gasteiger partial charge in [0.1, 0.15) is 0 Å². The number of anilines is 2. The zero-order valence-corrected chi connectivity index (χ0v) is 16.9. The third-order valence-corrected chi connectivity index (χ3v) is 4.39. The predicted octanol–water partition coefficient (Wildman–Crippen LogP) is 6.31. The molecule has 0 heterocycles. The molecule has 2 N–H and O–H groups in total. The summed E-state index contributed by atoms with van der Waals surface area (Å²) in [5.74, 6) is -0.0430. The Morgan fingerprint density at radius 3 is 2.11 bits per heavy atom. The second-order valence-electron chi connectivity index (χ2n) is 8.26. The van der Waals surface area contributed by atoms with E-state index in [-0.39, 0.29) is 11.3 Å². The quantitative estimate of drug-likeness (QED) is 0.626. The monoisotopic (exact) mass is 392 g/mol. The van der Waals surface area contributed by atoms with E-state index in [4.69, 9.17) is 0 Å². The first-order chi connectivity index (χ1) is 12.9. The molecule has 0 radical (unpaired) electrons. The SMILES string of the molecule is Cc1ccc(NCc2ccc(C(F)(F)F)cc2)c(C)c1NC(=O)CC(C)(C)C. The van der Waals surface area contributed by atoms with Gasteiger partial charge in [0.05, 0.1) is 5.56 Å². The van der Waals surface area contributed by atoms with E-state index >= 15 is 0 Å². The van der Waals surface area contributed by atoms with Gasteiger partial charge in [0.2, 0.25) is 5.91 Å². The highest BCUT2D eigenvalue weighted by Crippen LogP contribution is 2.31. The van der Waals surface area contributed by atoms with Crippen LogP contribution < -0.4 is 10.6 Å².